The second-order valence-corrected chi connectivity index (χ2v) is 7.41. The number of aromatic nitrogens is 4. The van der Waals surface area contributed by atoms with Gasteiger partial charge in [-0.25, -0.2) is 4.68 Å². The van der Waals surface area contributed by atoms with Crippen LogP contribution >= 0.6 is 0 Å². The van der Waals surface area contributed by atoms with Crippen molar-refractivity contribution in [3.05, 3.63) is 64.5 Å². The molecule has 1 amide bonds. The summed E-state index contributed by atoms with van der Waals surface area (Å²) in [4.78, 5) is 25.9. The van der Waals surface area contributed by atoms with Gasteiger partial charge >= 0.3 is 0 Å². The molecule has 1 N–H and O–H groups in total. The molecule has 1 saturated heterocycles. The number of nitrogens with zero attached hydrogens (tertiary/aromatic N) is 6. The lowest BCUT2D eigenvalue weighted by Gasteiger charge is -2.32. The molecule has 0 spiro atoms. The van der Waals surface area contributed by atoms with Gasteiger partial charge in [0, 0.05) is 30.4 Å². The Bertz CT molecular complexity index is 1050. The molecule has 3 aromatic rings. The number of benzene rings is 2. The van der Waals surface area contributed by atoms with Crippen molar-refractivity contribution in [3.63, 3.8) is 0 Å². The molecule has 10 nitrogen and oxygen atoms in total. The van der Waals surface area contributed by atoms with Gasteiger partial charge in [0.2, 0.25) is 0 Å². The molecule has 1 fully saturated rings. The zero-order valence-corrected chi connectivity index (χ0v) is 16.4. The molecule has 0 radical (unpaired) electrons. The Labute approximate surface area is 172 Å². The van der Waals surface area contributed by atoms with Crippen LogP contribution in [0.3, 0.4) is 0 Å². The van der Waals surface area contributed by atoms with Gasteiger partial charge in [-0.2, -0.15) is 0 Å². The number of amides is 1. The van der Waals surface area contributed by atoms with Crippen molar-refractivity contribution < 1.29 is 9.72 Å². The number of hydrogen-bond donors (Lipinski definition) is 1. The summed E-state index contributed by atoms with van der Waals surface area (Å²) in [6, 6.07) is 11.6. The van der Waals surface area contributed by atoms with Crippen LogP contribution in [0.2, 0.25) is 0 Å². The molecule has 30 heavy (non-hydrogen) atoms. The SMILES string of the molecule is CC1CCCN(c2ccc(C(=O)Nc3ccc(-n4cnnn4)cc3)cc2[N+](=O)[O-])C1. The molecule has 0 saturated carbocycles. The Kier molecular flexibility index (Phi) is 5.38. The number of rotatable bonds is 5. The zero-order chi connectivity index (χ0) is 21.1. The second-order valence-electron chi connectivity index (χ2n) is 7.41. The summed E-state index contributed by atoms with van der Waals surface area (Å²) in [5.74, 6) is 0.0736. The van der Waals surface area contributed by atoms with Gasteiger partial charge in [-0.15, -0.1) is 5.10 Å². The van der Waals surface area contributed by atoms with Gasteiger partial charge < -0.3 is 10.2 Å². The normalized spacial score (nSPS) is 16.3. The Morgan fingerprint density at radius 2 is 2.03 bits per heavy atom. The number of nitro groups is 1. The summed E-state index contributed by atoms with van der Waals surface area (Å²) in [5.41, 5.74) is 2.06. The van der Waals surface area contributed by atoms with Crippen molar-refractivity contribution in [2.75, 3.05) is 23.3 Å². The molecule has 0 aliphatic carbocycles. The maximum absolute atomic E-state index is 12.7. The van der Waals surface area contributed by atoms with Gasteiger partial charge in [-0.3, -0.25) is 14.9 Å². The number of piperidine rings is 1. The fourth-order valence-electron chi connectivity index (χ4n) is 3.67. The summed E-state index contributed by atoms with van der Waals surface area (Å²) in [5, 5.41) is 25.4. The average Bonchev–Trinajstić information content (AvgIpc) is 3.29. The lowest BCUT2D eigenvalue weighted by atomic mass is 9.99. The first-order valence-corrected chi connectivity index (χ1v) is 9.69. The van der Waals surface area contributed by atoms with E-state index in [4.69, 9.17) is 0 Å². The molecule has 4 rings (SSSR count). The summed E-state index contributed by atoms with van der Waals surface area (Å²) in [6.07, 6.45) is 3.59. The number of hydrogen-bond acceptors (Lipinski definition) is 7. The van der Waals surface area contributed by atoms with Gasteiger partial charge in [0.15, 0.2) is 0 Å². The summed E-state index contributed by atoms with van der Waals surface area (Å²) < 4.78 is 1.50. The summed E-state index contributed by atoms with van der Waals surface area (Å²) >= 11 is 0. The fourth-order valence-corrected chi connectivity index (χ4v) is 3.67. The highest BCUT2D eigenvalue weighted by molar-refractivity contribution is 6.05. The van der Waals surface area contributed by atoms with Gasteiger partial charge in [-0.05, 0) is 65.6 Å². The highest BCUT2D eigenvalue weighted by Gasteiger charge is 2.25. The van der Waals surface area contributed by atoms with Crippen LogP contribution in [0.4, 0.5) is 17.1 Å². The number of anilines is 2. The quantitative estimate of drug-likeness (QED) is 0.510. The number of nitrogens with one attached hydrogen (secondary N) is 1. The molecule has 2 heterocycles. The maximum Gasteiger partial charge on any atom is 0.293 e. The fraction of sp³-hybridized carbons (Fsp3) is 0.300. The van der Waals surface area contributed by atoms with Gasteiger partial charge in [0.25, 0.3) is 11.6 Å². The summed E-state index contributed by atoms with van der Waals surface area (Å²) in [6.45, 7) is 3.70. The molecule has 1 atom stereocenters. The highest BCUT2D eigenvalue weighted by Crippen LogP contribution is 2.32. The monoisotopic (exact) mass is 407 g/mol. The minimum absolute atomic E-state index is 0.0502. The van der Waals surface area contributed by atoms with Crippen molar-refractivity contribution in [1.82, 2.24) is 20.2 Å². The van der Waals surface area contributed by atoms with Gasteiger partial charge in [0.05, 0.1) is 10.6 Å². The van der Waals surface area contributed by atoms with E-state index in [1.807, 2.05) is 4.90 Å². The van der Waals surface area contributed by atoms with E-state index >= 15 is 0 Å². The Balaban J connectivity index is 1.52. The van der Waals surface area contributed by atoms with Crippen molar-refractivity contribution >= 4 is 23.0 Å². The molecule has 0 bridgehead atoms. The van der Waals surface area contributed by atoms with E-state index in [0.29, 0.717) is 17.3 Å². The minimum atomic E-state index is -0.424. The topological polar surface area (TPSA) is 119 Å². The van der Waals surface area contributed by atoms with Crippen LogP contribution < -0.4 is 10.2 Å². The predicted molar refractivity (Wildman–Crippen MR) is 111 cm³/mol. The molecule has 1 aliphatic heterocycles. The Morgan fingerprint density at radius 3 is 2.70 bits per heavy atom. The van der Waals surface area contributed by atoms with E-state index in [9.17, 15) is 14.9 Å². The van der Waals surface area contributed by atoms with Crippen molar-refractivity contribution in [2.45, 2.75) is 19.8 Å². The van der Waals surface area contributed by atoms with Crippen LogP contribution in [0, 0.1) is 16.0 Å². The Hall–Kier alpha value is -3.82. The second kappa shape index (κ2) is 8.27. The van der Waals surface area contributed by atoms with E-state index in [1.165, 1.54) is 17.1 Å². The number of nitro benzene ring substituents is 1. The van der Waals surface area contributed by atoms with E-state index in [2.05, 4.69) is 27.8 Å². The number of tetrazole rings is 1. The van der Waals surface area contributed by atoms with Crippen LogP contribution in [0.15, 0.2) is 48.8 Å². The minimum Gasteiger partial charge on any atom is -0.366 e. The molecular formula is C20H21N7O3. The molecule has 1 aliphatic rings. The molecule has 2 aromatic carbocycles. The molecule has 1 unspecified atom stereocenters. The zero-order valence-electron chi connectivity index (χ0n) is 16.4. The molecule has 1 aromatic heterocycles. The lowest BCUT2D eigenvalue weighted by Crippen LogP contribution is -2.34. The maximum atomic E-state index is 12.7. The first-order valence-electron chi connectivity index (χ1n) is 9.69. The number of carbonyl (C=O) groups excluding carboxylic acids is 1. The lowest BCUT2D eigenvalue weighted by molar-refractivity contribution is -0.384. The number of carbonyl (C=O) groups is 1. The third-order valence-electron chi connectivity index (χ3n) is 5.17. The third-order valence-corrected chi connectivity index (χ3v) is 5.17. The van der Waals surface area contributed by atoms with E-state index < -0.39 is 10.8 Å². The highest BCUT2D eigenvalue weighted by atomic mass is 16.6. The van der Waals surface area contributed by atoms with Crippen LogP contribution in [-0.2, 0) is 0 Å². The first-order chi connectivity index (χ1) is 14.5. The largest absolute Gasteiger partial charge is 0.366 e. The van der Waals surface area contributed by atoms with E-state index in [0.717, 1.165) is 31.6 Å². The summed E-state index contributed by atoms with van der Waals surface area (Å²) in [7, 11) is 0. The van der Waals surface area contributed by atoms with Crippen molar-refractivity contribution in [3.8, 4) is 5.69 Å². The van der Waals surface area contributed by atoms with Crippen molar-refractivity contribution in [2.24, 2.45) is 5.92 Å². The van der Waals surface area contributed by atoms with E-state index in [-0.39, 0.29) is 11.3 Å². The molecular weight excluding hydrogens is 386 g/mol. The van der Waals surface area contributed by atoms with Gasteiger partial charge in [-0.1, -0.05) is 6.92 Å². The predicted octanol–water partition coefficient (Wildman–Crippen LogP) is 3.06. The third kappa shape index (κ3) is 4.12. The van der Waals surface area contributed by atoms with Crippen LogP contribution in [0.5, 0.6) is 0 Å². The standard InChI is InChI=1S/C20H21N7O3/c1-14-3-2-10-25(12-14)18-9-4-15(11-19(18)27(29)30)20(28)22-16-5-7-17(8-6-16)26-13-21-23-24-26/h4-9,11,13-14H,2-3,10,12H2,1H3,(H,22,28). The Morgan fingerprint density at radius 1 is 1.23 bits per heavy atom. The molecule has 10 heteroatoms. The first kappa shape index (κ1) is 19.5. The van der Waals surface area contributed by atoms with E-state index in [1.54, 1.807) is 36.4 Å². The van der Waals surface area contributed by atoms with Crippen LogP contribution in [-0.4, -0.2) is 44.1 Å². The van der Waals surface area contributed by atoms with Crippen molar-refractivity contribution in [1.29, 1.82) is 0 Å². The van der Waals surface area contributed by atoms with Gasteiger partial charge in [0.1, 0.15) is 12.0 Å². The smallest absolute Gasteiger partial charge is 0.293 e. The van der Waals surface area contributed by atoms with Crippen LogP contribution in [0.25, 0.3) is 5.69 Å². The average molecular weight is 407 g/mol. The molecule has 154 valence electrons. The van der Waals surface area contributed by atoms with Crippen LogP contribution in [0.1, 0.15) is 30.1 Å².